The van der Waals surface area contributed by atoms with Crippen molar-refractivity contribution < 1.29 is 4.79 Å². The lowest BCUT2D eigenvalue weighted by Gasteiger charge is -2.43. The molecule has 1 aromatic carbocycles. The number of thiophene rings is 1. The molecule has 1 unspecified atom stereocenters. The molecular formula is C23H27N3OS2. The lowest BCUT2D eigenvalue weighted by molar-refractivity contribution is -0.119. The molecule has 3 heterocycles. The predicted octanol–water partition coefficient (Wildman–Crippen LogP) is 4.90. The Bertz CT molecular complexity index is 985. The molecule has 2 aliphatic rings. The van der Waals surface area contributed by atoms with E-state index in [2.05, 4.69) is 23.1 Å². The second-order valence-corrected chi connectivity index (χ2v) is 10.5. The van der Waals surface area contributed by atoms with Gasteiger partial charge in [0.25, 0.3) is 0 Å². The van der Waals surface area contributed by atoms with Crippen LogP contribution in [0, 0.1) is 0 Å². The molecule has 5 rings (SSSR count). The van der Waals surface area contributed by atoms with Gasteiger partial charge in [-0.2, -0.15) is 0 Å². The average Bonchev–Trinajstić information content (AvgIpc) is 3.34. The van der Waals surface area contributed by atoms with Gasteiger partial charge in [-0.15, -0.1) is 22.7 Å². The van der Waals surface area contributed by atoms with Gasteiger partial charge in [-0.25, -0.2) is 4.98 Å². The maximum Gasteiger partial charge on any atom is 0.225 e. The number of thiazole rings is 1. The second kappa shape index (κ2) is 8.17. The largest absolute Gasteiger partial charge is 0.369 e. The molecular weight excluding hydrogens is 398 g/mol. The topological polar surface area (TPSA) is 59.2 Å². The quantitative estimate of drug-likeness (QED) is 0.611. The molecule has 1 aliphatic heterocycles. The number of nitrogens with zero attached hydrogens (tertiary/aromatic N) is 2. The molecule has 2 N–H and O–H groups in total. The number of hydrogen-bond acceptors (Lipinski definition) is 5. The first-order chi connectivity index (χ1) is 14.2. The highest BCUT2D eigenvalue weighted by Crippen LogP contribution is 2.43. The standard InChI is InChI=1S/C23H27N3OS2/c24-22(27)19(14-18-5-4-10-28-18)15-6-7-20-21(13-15)29-23(25-20)16-11-17(12-16)26-8-2-1-3-9-26/h4-7,10,13,16-17,19H,1-3,8-9,11-12,14H2,(H2,24,27). The maximum atomic E-state index is 12.1. The summed E-state index contributed by atoms with van der Waals surface area (Å²) in [5.74, 6) is 0.0578. The highest BCUT2D eigenvalue weighted by molar-refractivity contribution is 7.18. The fourth-order valence-corrected chi connectivity index (χ4v) is 6.63. The number of rotatable bonds is 6. The third kappa shape index (κ3) is 3.98. The van der Waals surface area contributed by atoms with E-state index in [1.807, 2.05) is 17.5 Å². The fourth-order valence-electron chi connectivity index (χ4n) is 4.73. The van der Waals surface area contributed by atoms with E-state index in [4.69, 9.17) is 10.7 Å². The second-order valence-electron chi connectivity index (χ2n) is 8.44. The third-order valence-electron chi connectivity index (χ3n) is 6.53. The normalized spacial score (nSPS) is 23.7. The molecule has 1 saturated carbocycles. The van der Waals surface area contributed by atoms with Crippen LogP contribution in [-0.4, -0.2) is 34.9 Å². The molecule has 0 spiro atoms. The number of carbonyl (C=O) groups is 1. The van der Waals surface area contributed by atoms with Gasteiger partial charge in [-0.3, -0.25) is 4.79 Å². The van der Waals surface area contributed by atoms with Gasteiger partial charge in [0.05, 0.1) is 21.1 Å². The molecule has 152 valence electrons. The molecule has 29 heavy (non-hydrogen) atoms. The van der Waals surface area contributed by atoms with Crippen molar-refractivity contribution in [3.8, 4) is 0 Å². The molecule has 4 nitrogen and oxygen atoms in total. The lowest BCUT2D eigenvalue weighted by Crippen LogP contribution is -2.46. The van der Waals surface area contributed by atoms with Crippen molar-refractivity contribution in [3.63, 3.8) is 0 Å². The van der Waals surface area contributed by atoms with Crippen molar-refractivity contribution in [3.05, 3.63) is 51.2 Å². The van der Waals surface area contributed by atoms with Crippen LogP contribution in [0.1, 0.15) is 59.4 Å². The number of primary amides is 1. The Kier molecular flexibility index (Phi) is 5.41. The van der Waals surface area contributed by atoms with E-state index < -0.39 is 0 Å². The average molecular weight is 426 g/mol. The summed E-state index contributed by atoms with van der Waals surface area (Å²) in [6.45, 7) is 2.55. The minimum Gasteiger partial charge on any atom is -0.369 e. The van der Waals surface area contributed by atoms with Crippen LogP contribution < -0.4 is 5.73 Å². The van der Waals surface area contributed by atoms with Crippen molar-refractivity contribution >= 4 is 38.8 Å². The number of piperidine rings is 1. The van der Waals surface area contributed by atoms with Crippen LogP contribution in [0.2, 0.25) is 0 Å². The van der Waals surface area contributed by atoms with Gasteiger partial charge in [0.2, 0.25) is 5.91 Å². The molecule has 1 atom stereocenters. The van der Waals surface area contributed by atoms with Crippen molar-refractivity contribution in [2.45, 2.75) is 56.4 Å². The lowest BCUT2D eigenvalue weighted by atomic mass is 9.79. The number of carbonyl (C=O) groups excluding carboxylic acids is 1. The first-order valence-electron chi connectivity index (χ1n) is 10.6. The number of likely N-dealkylation sites (tertiary alicyclic amines) is 1. The maximum absolute atomic E-state index is 12.1. The number of hydrogen-bond donors (Lipinski definition) is 1. The Balaban J connectivity index is 1.31. The van der Waals surface area contributed by atoms with E-state index >= 15 is 0 Å². The van der Waals surface area contributed by atoms with E-state index in [0.717, 1.165) is 17.1 Å². The zero-order valence-electron chi connectivity index (χ0n) is 16.5. The first-order valence-corrected chi connectivity index (χ1v) is 12.3. The third-order valence-corrected chi connectivity index (χ3v) is 8.61. The van der Waals surface area contributed by atoms with Crippen molar-refractivity contribution in [2.75, 3.05) is 13.1 Å². The molecule has 1 aliphatic carbocycles. The van der Waals surface area contributed by atoms with E-state index in [1.165, 1.54) is 59.8 Å². The molecule has 2 aromatic heterocycles. The van der Waals surface area contributed by atoms with Gasteiger partial charge in [0.15, 0.2) is 0 Å². The summed E-state index contributed by atoms with van der Waals surface area (Å²) in [7, 11) is 0. The highest BCUT2D eigenvalue weighted by Gasteiger charge is 2.36. The smallest absolute Gasteiger partial charge is 0.225 e. The summed E-state index contributed by atoms with van der Waals surface area (Å²) < 4.78 is 1.18. The van der Waals surface area contributed by atoms with Crippen LogP contribution in [0.25, 0.3) is 10.2 Å². The molecule has 0 bridgehead atoms. The molecule has 3 aromatic rings. The van der Waals surface area contributed by atoms with Gasteiger partial charge >= 0.3 is 0 Å². The molecule has 2 fully saturated rings. The van der Waals surface area contributed by atoms with Crippen LogP contribution in [0.4, 0.5) is 0 Å². The number of nitrogens with two attached hydrogens (primary N) is 1. The van der Waals surface area contributed by atoms with Crippen LogP contribution in [0.15, 0.2) is 35.7 Å². The molecule has 6 heteroatoms. The summed E-state index contributed by atoms with van der Waals surface area (Å²) in [5.41, 5.74) is 7.81. The Hall–Kier alpha value is -1.76. The molecule has 1 saturated heterocycles. The van der Waals surface area contributed by atoms with E-state index in [1.54, 1.807) is 22.7 Å². The van der Waals surface area contributed by atoms with Crippen molar-refractivity contribution in [1.29, 1.82) is 0 Å². The summed E-state index contributed by atoms with van der Waals surface area (Å²) in [6, 6.07) is 11.1. The Morgan fingerprint density at radius 2 is 2.03 bits per heavy atom. The Morgan fingerprint density at radius 1 is 1.21 bits per heavy atom. The van der Waals surface area contributed by atoms with Crippen LogP contribution in [0.5, 0.6) is 0 Å². The van der Waals surface area contributed by atoms with Gasteiger partial charge in [0, 0.05) is 16.8 Å². The van der Waals surface area contributed by atoms with Crippen molar-refractivity contribution in [2.24, 2.45) is 5.73 Å². The molecule has 1 amide bonds. The zero-order chi connectivity index (χ0) is 19.8. The number of fused-ring (bicyclic) bond motifs is 1. The predicted molar refractivity (Wildman–Crippen MR) is 121 cm³/mol. The minimum atomic E-state index is -0.282. The Labute approximate surface area is 179 Å². The first kappa shape index (κ1) is 19.2. The van der Waals surface area contributed by atoms with Crippen LogP contribution in [-0.2, 0) is 11.2 Å². The van der Waals surface area contributed by atoms with Gasteiger partial charge in [-0.1, -0.05) is 18.6 Å². The van der Waals surface area contributed by atoms with E-state index in [9.17, 15) is 4.79 Å². The summed E-state index contributed by atoms with van der Waals surface area (Å²) in [6.07, 6.45) is 7.27. The number of aromatic nitrogens is 1. The van der Waals surface area contributed by atoms with Gasteiger partial charge in [-0.05, 0) is 74.3 Å². The summed E-state index contributed by atoms with van der Waals surface area (Å²) in [5, 5.41) is 3.31. The van der Waals surface area contributed by atoms with Gasteiger partial charge in [0.1, 0.15) is 0 Å². The monoisotopic (exact) mass is 425 g/mol. The highest BCUT2D eigenvalue weighted by atomic mass is 32.1. The fraction of sp³-hybridized carbons (Fsp3) is 0.478. The summed E-state index contributed by atoms with van der Waals surface area (Å²) >= 11 is 3.48. The summed E-state index contributed by atoms with van der Waals surface area (Å²) in [4.78, 5) is 20.9. The minimum absolute atomic E-state index is 0.258. The van der Waals surface area contributed by atoms with Crippen LogP contribution in [0.3, 0.4) is 0 Å². The number of amides is 1. The van der Waals surface area contributed by atoms with Gasteiger partial charge < -0.3 is 10.6 Å². The number of benzene rings is 1. The molecule has 0 radical (unpaired) electrons. The Morgan fingerprint density at radius 3 is 2.76 bits per heavy atom. The van der Waals surface area contributed by atoms with E-state index in [0.29, 0.717) is 12.3 Å². The van der Waals surface area contributed by atoms with Crippen LogP contribution >= 0.6 is 22.7 Å². The SMILES string of the molecule is NC(=O)C(Cc1cccs1)c1ccc2nc(C3CC(N4CCCCC4)C3)sc2c1. The zero-order valence-corrected chi connectivity index (χ0v) is 18.2. The van der Waals surface area contributed by atoms with Crippen molar-refractivity contribution in [1.82, 2.24) is 9.88 Å². The van der Waals surface area contributed by atoms with E-state index in [-0.39, 0.29) is 11.8 Å².